The number of fused-ring (bicyclic) bond motifs is 7. The number of carboxylic acid groups (broad SMARTS) is 1. The van der Waals surface area contributed by atoms with Crippen LogP contribution < -0.4 is 0 Å². The van der Waals surface area contributed by atoms with Crippen molar-refractivity contribution in [3.63, 3.8) is 0 Å². The van der Waals surface area contributed by atoms with Crippen molar-refractivity contribution in [2.45, 2.75) is 211 Å². The molecule has 7 fully saturated rings. The number of rotatable bonds is 9. The topological polar surface area (TPSA) is 332 Å². The molecular weight excluding hydrogens is 897 g/mol. The van der Waals surface area contributed by atoms with E-state index in [1.165, 1.54) is 6.92 Å². The molecule has 5 aliphatic carbocycles. The van der Waals surface area contributed by atoms with Gasteiger partial charge in [-0.1, -0.05) is 46.3 Å². The average Bonchev–Trinajstić information content (AvgIpc) is 3.28. The van der Waals surface area contributed by atoms with E-state index in [1.54, 1.807) is 6.92 Å². The molecule has 0 aromatic heterocycles. The molecule has 0 bridgehead atoms. The van der Waals surface area contributed by atoms with E-state index in [4.69, 9.17) is 28.4 Å². The fourth-order valence-corrected chi connectivity index (χ4v) is 14.9. The number of carboxylic acids is 1. The van der Waals surface area contributed by atoms with Crippen molar-refractivity contribution >= 4 is 11.9 Å². The predicted molar refractivity (Wildman–Crippen MR) is 232 cm³/mol. The lowest BCUT2D eigenvalue weighted by molar-refractivity contribution is -0.361. The Morgan fingerprint density at radius 1 is 0.691 bits per heavy atom. The van der Waals surface area contributed by atoms with E-state index in [-0.39, 0.29) is 35.0 Å². The first-order valence-electron chi connectivity index (χ1n) is 24.4. The van der Waals surface area contributed by atoms with Gasteiger partial charge in [0.1, 0.15) is 67.1 Å². The van der Waals surface area contributed by atoms with Crippen molar-refractivity contribution in [3.05, 3.63) is 11.6 Å². The highest BCUT2D eigenvalue weighted by Gasteiger charge is 2.72. The van der Waals surface area contributed by atoms with Crippen molar-refractivity contribution in [3.8, 4) is 0 Å². The molecule has 3 aliphatic heterocycles. The summed E-state index contributed by atoms with van der Waals surface area (Å²) >= 11 is 0. The monoisotopic (exact) mass is 972 g/mol. The number of ether oxygens (including phenoxy) is 6. The third-order valence-corrected chi connectivity index (χ3v) is 19.4. The number of aliphatic carboxylic acids is 1. The van der Waals surface area contributed by atoms with Crippen LogP contribution in [0.3, 0.4) is 0 Å². The molecule has 20 heteroatoms. The van der Waals surface area contributed by atoms with Crippen LogP contribution in [0, 0.1) is 50.2 Å². The number of allylic oxidation sites excluding steroid dienone is 2. The zero-order valence-electron chi connectivity index (χ0n) is 40.0. The highest BCUT2D eigenvalue weighted by Crippen LogP contribution is 2.76. The summed E-state index contributed by atoms with van der Waals surface area (Å²) < 4.78 is 34.6. The van der Waals surface area contributed by atoms with Crippen LogP contribution in [0.25, 0.3) is 0 Å². The minimum atomic E-state index is -1.89. The predicted octanol–water partition coefficient (Wildman–Crippen LogP) is -0.796. The van der Waals surface area contributed by atoms with E-state index in [2.05, 4.69) is 40.7 Å². The third-order valence-electron chi connectivity index (χ3n) is 19.4. The van der Waals surface area contributed by atoms with Gasteiger partial charge >= 0.3 is 11.9 Å². The summed E-state index contributed by atoms with van der Waals surface area (Å²) in [5.74, 6) is -2.47. The Labute approximate surface area is 396 Å². The molecule has 0 amide bonds. The molecule has 8 rings (SSSR count). The summed E-state index contributed by atoms with van der Waals surface area (Å²) in [6.07, 6.45) is -20.1. The van der Waals surface area contributed by atoms with E-state index in [9.17, 15) is 70.9 Å². The average molecular weight is 973 g/mol. The molecule has 20 nitrogen and oxygen atoms in total. The molecule has 4 saturated carbocycles. The molecular formula is C48H76O20. The number of hydrogen-bond donors (Lipinski definition) is 12. The maximum absolute atomic E-state index is 15.0. The Morgan fingerprint density at radius 3 is 1.97 bits per heavy atom. The van der Waals surface area contributed by atoms with E-state index in [0.29, 0.717) is 51.4 Å². The minimum absolute atomic E-state index is 0.0372. The van der Waals surface area contributed by atoms with Crippen molar-refractivity contribution < 1.29 is 99.3 Å². The van der Waals surface area contributed by atoms with Gasteiger partial charge in [0, 0.05) is 0 Å². The van der Waals surface area contributed by atoms with Crippen LogP contribution in [0.2, 0.25) is 0 Å². The zero-order chi connectivity index (χ0) is 50.0. The van der Waals surface area contributed by atoms with Gasteiger partial charge in [-0.05, 0) is 111 Å². The molecule has 0 unspecified atom stereocenters. The molecule has 12 N–H and O–H groups in total. The second-order valence-electron chi connectivity index (χ2n) is 23.4. The van der Waals surface area contributed by atoms with E-state index >= 15 is 0 Å². The maximum atomic E-state index is 15.0. The van der Waals surface area contributed by atoms with Crippen LogP contribution in [0.5, 0.6) is 0 Å². The molecule has 25 atom stereocenters. The molecule has 68 heavy (non-hydrogen) atoms. The molecule has 0 aromatic carbocycles. The van der Waals surface area contributed by atoms with Crippen molar-refractivity contribution in [1.82, 2.24) is 0 Å². The summed E-state index contributed by atoms with van der Waals surface area (Å²) in [6, 6.07) is 0. The highest BCUT2D eigenvalue weighted by atomic mass is 16.8. The van der Waals surface area contributed by atoms with E-state index in [0.717, 1.165) is 5.57 Å². The summed E-state index contributed by atoms with van der Waals surface area (Å²) in [5.41, 5.74) is -3.05. The normalized spacial score (nSPS) is 54.5. The molecule has 0 aromatic rings. The molecule has 3 heterocycles. The molecule has 8 aliphatic rings. The van der Waals surface area contributed by atoms with Gasteiger partial charge in [0.25, 0.3) is 0 Å². The Kier molecular flexibility index (Phi) is 14.0. The number of aliphatic hydroxyl groups excluding tert-OH is 11. The SMILES string of the molecule is C[C@@H]1O[C@@H](O[C@H]2[C@H](O)[C@@H](O)[C@H](OC[C@H]3O[C@@H](OC(=O)[C@]45CCC(C)(C)C[C@H]4C4=CC[C@@H]6[C@@]7(C)C[C@H](O)[C@H](O)[C@@](C)(C(=O)O)[C@@H]7CC[C@@]6(C)[C@]4(C)CC5)[C@H](O)[C@@H](O)[C@@H]3O)O[C@@H]2CO)[C@H](O)[C@H](O)[C@H]1O. The largest absolute Gasteiger partial charge is 0.481 e. The first kappa shape index (κ1) is 52.4. The van der Waals surface area contributed by atoms with Crippen molar-refractivity contribution in [2.75, 3.05) is 13.2 Å². The van der Waals surface area contributed by atoms with Gasteiger partial charge in [-0.3, -0.25) is 9.59 Å². The van der Waals surface area contributed by atoms with Crippen molar-refractivity contribution in [1.29, 1.82) is 0 Å². The molecule has 3 saturated heterocycles. The summed E-state index contributed by atoms with van der Waals surface area (Å²) in [4.78, 5) is 27.9. The van der Waals surface area contributed by atoms with Crippen LogP contribution in [0.1, 0.15) is 106 Å². The van der Waals surface area contributed by atoms with Gasteiger partial charge < -0.3 is 89.7 Å². The fourth-order valence-electron chi connectivity index (χ4n) is 14.9. The van der Waals surface area contributed by atoms with Gasteiger partial charge in [-0.15, -0.1) is 0 Å². The number of aliphatic hydroxyl groups is 11. The Balaban J connectivity index is 0.987. The Hall–Kier alpha value is -1.96. The molecule has 0 radical (unpaired) electrons. The summed E-state index contributed by atoms with van der Waals surface area (Å²) in [7, 11) is 0. The molecule has 0 spiro atoms. The summed E-state index contributed by atoms with van der Waals surface area (Å²) in [6.45, 7) is 12.5. The van der Waals surface area contributed by atoms with E-state index in [1.807, 2.05) is 0 Å². The lowest BCUT2D eigenvalue weighted by Gasteiger charge is -2.71. The number of carbonyl (C=O) groups is 2. The third kappa shape index (κ3) is 7.94. The van der Waals surface area contributed by atoms with Crippen molar-refractivity contribution in [2.24, 2.45) is 50.2 Å². The van der Waals surface area contributed by atoms with Crippen LogP contribution in [0.4, 0.5) is 0 Å². The first-order chi connectivity index (χ1) is 31.6. The smallest absolute Gasteiger partial charge is 0.315 e. The number of carbonyl (C=O) groups excluding carboxylic acids is 1. The van der Waals surface area contributed by atoms with Gasteiger partial charge in [-0.2, -0.15) is 0 Å². The lowest BCUT2D eigenvalue weighted by Crippen LogP contribution is -2.69. The maximum Gasteiger partial charge on any atom is 0.315 e. The van der Waals surface area contributed by atoms with E-state index < -0.39 is 151 Å². The number of hydrogen-bond acceptors (Lipinski definition) is 19. The lowest BCUT2D eigenvalue weighted by atomic mass is 9.33. The second-order valence-corrected chi connectivity index (χ2v) is 23.4. The van der Waals surface area contributed by atoms with Crippen LogP contribution in [-0.4, -0.2) is 191 Å². The van der Waals surface area contributed by atoms with Crippen LogP contribution >= 0.6 is 0 Å². The van der Waals surface area contributed by atoms with Gasteiger partial charge in [-0.25, -0.2) is 0 Å². The molecule has 388 valence electrons. The van der Waals surface area contributed by atoms with Gasteiger partial charge in [0.15, 0.2) is 12.6 Å². The quantitative estimate of drug-likeness (QED) is 0.0994. The van der Waals surface area contributed by atoms with Gasteiger partial charge in [0.2, 0.25) is 6.29 Å². The Bertz CT molecular complexity index is 1920. The minimum Gasteiger partial charge on any atom is -0.481 e. The zero-order valence-corrected chi connectivity index (χ0v) is 40.0. The fraction of sp³-hybridized carbons (Fsp3) is 0.917. The second kappa shape index (κ2) is 18.2. The first-order valence-corrected chi connectivity index (χ1v) is 24.4. The highest BCUT2D eigenvalue weighted by molar-refractivity contribution is 5.79. The Morgan fingerprint density at radius 2 is 1.31 bits per heavy atom. The van der Waals surface area contributed by atoms with Gasteiger partial charge in [0.05, 0.1) is 42.4 Å². The van der Waals surface area contributed by atoms with Crippen LogP contribution in [0.15, 0.2) is 11.6 Å². The van der Waals surface area contributed by atoms with Crippen LogP contribution in [-0.2, 0) is 38.0 Å². The number of esters is 1. The standard InChI is InChI=1S/C48H76O20/c1-20-28(51)30(53)33(56)39(64-20)67-36-24(18-49)65-38(35(58)32(36)55)63-19-25-29(52)31(54)34(57)40(66-25)68-42(62)48-14-12-43(2,3)16-22(48)21-8-9-26-44(4)17-23(50)37(59)47(7,41(60)61)27(44)10-11-46(26,6)45(21,5)13-15-48/h8,20,22-40,49-59H,9-19H2,1-7H3,(H,60,61)/t20-,22-,23-,24+,25+,26+,27+,28-,29+,30+,31-,32+,33+,34+,35+,36+,37-,38+,39-,40-,44+,45+,46+,47-,48-/m0/s1. The summed E-state index contributed by atoms with van der Waals surface area (Å²) in [5, 5.41) is 129.